The predicted molar refractivity (Wildman–Crippen MR) is 137 cm³/mol. The minimum absolute atomic E-state index is 0.00648. The Bertz CT molecular complexity index is 1360. The average Bonchev–Trinajstić information content (AvgIpc) is 2.84. The van der Waals surface area contributed by atoms with Crippen molar-refractivity contribution in [2.24, 2.45) is 5.92 Å². The van der Waals surface area contributed by atoms with Crippen LogP contribution in [0, 0.1) is 19.8 Å². The normalized spacial score (nSPS) is 12.0. The molecule has 3 rings (SSSR count). The van der Waals surface area contributed by atoms with Gasteiger partial charge in [-0.05, 0) is 63.1 Å². The fourth-order valence-electron chi connectivity index (χ4n) is 3.74. The number of sulfone groups is 2. The molecule has 0 bridgehead atoms. The second-order valence-corrected chi connectivity index (χ2v) is 13.0. The number of ketones is 1. The van der Waals surface area contributed by atoms with Crippen LogP contribution in [0.25, 0.3) is 0 Å². The van der Waals surface area contributed by atoms with Crippen LogP contribution in [0.5, 0.6) is 0 Å². The van der Waals surface area contributed by atoms with Crippen LogP contribution in [0.4, 0.5) is 0 Å². The topological polar surface area (TPSA) is 123 Å². The standard InChI is InChI=1S/C27H28O7S2/c1-19-3-11-24(12-4-19)35(31,32)17-15-22(26(28)21-7-9-23(10-8-21)27(29)30)16-18-36(33,34)25-13-5-20(2)6-14-25/h3-14,22H,15-18H2,1-2H3,(H,29,30). The summed E-state index contributed by atoms with van der Waals surface area (Å²) in [6.07, 6.45) is -0.141. The van der Waals surface area contributed by atoms with Gasteiger partial charge in [-0.3, -0.25) is 4.79 Å². The van der Waals surface area contributed by atoms with Crippen LogP contribution in [0.1, 0.15) is 44.7 Å². The van der Waals surface area contributed by atoms with Gasteiger partial charge in [0.15, 0.2) is 25.5 Å². The van der Waals surface area contributed by atoms with Gasteiger partial charge < -0.3 is 5.11 Å². The molecule has 3 aromatic rings. The molecular weight excluding hydrogens is 500 g/mol. The highest BCUT2D eigenvalue weighted by molar-refractivity contribution is 7.91. The third-order valence-corrected chi connectivity index (χ3v) is 9.54. The molecule has 0 spiro atoms. The van der Waals surface area contributed by atoms with E-state index in [1.807, 2.05) is 13.8 Å². The van der Waals surface area contributed by atoms with Crippen molar-refractivity contribution in [2.75, 3.05) is 11.5 Å². The zero-order valence-corrected chi connectivity index (χ0v) is 21.7. The molecule has 0 aliphatic carbocycles. The highest BCUT2D eigenvalue weighted by Gasteiger charge is 2.27. The Morgan fingerprint density at radius 1 is 0.639 bits per heavy atom. The number of carbonyl (C=O) groups is 2. The number of hydrogen-bond acceptors (Lipinski definition) is 6. The molecule has 0 heterocycles. The van der Waals surface area contributed by atoms with Crippen LogP contribution in [0.3, 0.4) is 0 Å². The first-order chi connectivity index (χ1) is 16.9. The van der Waals surface area contributed by atoms with Gasteiger partial charge in [-0.15, -0.1) is 0 Å². The second-order valence-electron chi connectivity index (χ2n) is 8.78. The summed E-state index contributed by atoms with van der Waals surface area (Å²) in [5.41, 5.74) is 2.03. The van der Waals surface area contributed by atoms with E-state index in [2.05, 4.69) is 0 Å². The summed E-state index contributed by atoms with van der Waals surface area (Å²) in [7, 11) is -7.39. The quantitative estimate of drug-likeness (QED) is 0.363. The van der Waals surface area contributed by atoms with Crippen molar-refractivity contribution < 1.29 is 31.5 Å². The van der Waals surface area contributed by atoms with E-state index < -0.39 is 37.3 Å². The number of rotatable bonds is 11. The molecule has 3 aromatic carbocycles. The van der Waals surface area contributed by atoms with E-state index in [1.165, 1.54) is 48.5 Å². The van der Waals surface area contributed by atoms with Crippen molar-refractivity contribution in [3.8, 4) is 0 Å². The fraction of sp³-hybridized carbons (Fsp3) is 0.259. The third-order valence-electron chi connectivity index (χ3n) is 6.02. The zero-order valence-electron chi connectivity index (χ0n) is 20.0. The van der Waals surface area contributed by atoms with E-state index in [9.17, 15) is 26.4 Å². The van der Waals surface area contributed by atoms with E-state index in [4.69, 9.17) is 5.11 Å². The van der Waals surface area contributed by atoms with Crippen molar-refractivity contribution >= 4 is 31.4 Å². The van der Waals surface area contributed by atoms with Crippen molar-refractivity contribution in [2.45, 2.75) is 36.5 Å². The lowest BCUT2D eigenvalue weighted by Gasteiger charge is -2.17. The Kier molecular flexibility index (Phi) is 8.47. The van der Waals surface area contributed by atoms with Gasteiger partial charge in [0.05, 0.1) is 26.9 Å². The molecule has 0 atom stereocenters. The number of Topliss-reactive ketones (excluding diaryl/α,β-unsaturated/α-hetero) is 1. The van der Waals surface area contributed by atoms with Crippen molar-refractivity contribution in [1.29, 1.82) is 0 Å². The molecule has 0 saturated carbocycles. The molecule has 36 heavy (non-hydrogen) atoms. The van der Waals surface area contributed by atoms with Crippen LogP contribution in [-0.4, -0.2) is 45.2 Å². The molecule has 0 amide bonds. The molecule has 0 aromatic heterocycles. The van der Waals surface area contributed by atoms with Crippen molar-refractivity contribution in [3.05, 3.63) is 95.1 Å². The SMILES string of the molecule is Cc1ccc(S(=O)(=O)CCC(CCS(=O)(=O)c2ccc(C)cc2)C(=O)c2ccc(C(=O)O)cc2)cc1. The maximum atomic E-state index is 13.3. The molecule has 0 aliphatic heterocycles. The second kappa shape index (κ2) is 11.2. The van der Waals surface area contributed by atoms with E-state index in [1.54, 1.807) is 24.3 Å². The van der Waals surface area contributed by atoms with Gasteiger partial charge >= 0.3 is 5.97 Å². The van der Waals surface area contributed by atoms with E-state index >= 15 is 0 Å². The van der Waals surface area contributed by atoms with Gasteiger partial charge in [-0.2, -0.15) is 0 Å². The lowest BCUT2D eigenvalue weighted by atomic mass is 9.92. The Balaban J connectivity index is 1.84. The monoisotopic (exact) mass is 528 g/mol. The summed E-state index contributed by atoms with van der Waals surface area (Å²) in [6, 6.07) is 18.1. The van der Waals surface area contributed by atoms with Crippen molar-refractivity contribution in [3.63, 3.8) is 0 Å². The number of carboxylic acids is 1. The average molecular weight is 529 g/mol. The molecule has 0 aliphatic rings. The van der Waals surface area contributed by atoms with Crippen LogP contribution in [0.2, 0.25) is 0 Å². The van der Waals surface area contributed by atoms with Gasteiger partial charge in [0.2, 0.25) is 0 Å². The highest BCUT2D eigenvalue weighted by Crippen LogP contribution is 2.23. The number of hydrogen-bond donors (Lipinski definition) is 1. The van der Waals surface area contributed by atoms with Crippen LogP contribution in [-0.2, 0) is 19.7 Å². The number of aromatic carboxylic acids is 1. The minimum atomic E-state index is -3.70. The molecule has 7 nitrogen and oxygen atoms in total. The first-order valence-corrected chi connectivity index (χ1v) is 14.7. The lowest BCUT2D eigenvalue weighted by molar-refractivity contribution is 0.0696. The Morgan fingerprint density at radius 3 is 1.36 bits per heavy atom. The maximum absolute atomic E-state index is 13.3. The van der Waals surface area contributed by atoms with E-state index in [0.717, 1.165) is 11.1 Å². The molecule has 0 radical (unpaired) electrons. The van der Waals surface area contributed by atoms with Gasteiger partial charge in [0, 0.05) is 11.5 Å². The summed E-state index contributed by atoms with van der Waals surface area (Å²) < 4.78 is 51.5. The van der Waals surface area contributed by atoms with Gasteiger partial charge in [0.25, 0.3) is 0 Å². The van der Waals surface area contributed by atoms with Crippen molar-refractivity contribution in [1.82, 2.24) is 0 Å². The molecule has 190 valence electrons. The Hall–Kier alpha value is -3.30. The first kappa shape index (κ1) is 27.3. The smallest absolute Gasteiger partial charge is 0.335 e. The van der Waals surface area contributed by atoms with Crippen LogP contribution >= 0.6 is 0 Å². The summed E-state index contributed by atoms with van der Waals surface area (Å²) in [6.45, 7) is 3.68. The van der Waals surface area contributed by atoms with Gasteiger partial charge in [-0.1, -0.05) is 47.5 Å². The van der Waals surface area contributed by atoms with E-state index in [0.29, 0.717) is 0 Å². The molecule has 9 heteroatoms. The Labute approximate surface area is 211 Å². The van der Waals surface area contributed by atoms with Crippen LogP contribution in [0.15, 0.2) is 82.6 Å². The molecular formula is C27H28O7S2. The lowest BCUT2D eigenvalue weighted by Crippen LogP contribution is -2.22. The zero-order chi connectivity index (χ0) is 26.5. The fourth-order valence-corrected chi connectivity index (χ4v) is 6.50. The molecule has 0 saturated heterocycles. The first-order valence-electron chi connectivity index (χ1n) is 11.4. The summed E-state index contributed by atoms with van der Waals surface area (Å²) in [4.78, 5) is 24.7. The number of carbonyl (C=O) groups excluding carboxylic acids is 1. The summed E-state index contributed by atoms with van der Waals surface area (Å²) >= 11 is 0. The van der Waals surface area contributed by atoms with Crippen LogP contribution < -0.4 is 0 Å². The number of aryl methyl sites for hydroxylation is 2. The van der Waals surface area contributed by atoms with Gasteiger partial charge in [-0.25, -0.2) is 21.6 Å². The highest BCUT2D eigenvalue weighted by atomic mass is 32.2. The minimum Gasteiger partial charge on any atom is -0.478 e. The largest absolute Gasteiger partial charge is 0.478 e. The number of carboxylic acid groups (broad SMARTS) is 1. The van der Waals surface area contributed by atoms with Gasteiger partial charge in [0.1, 0.15) is 0 Å². The summed E-state index contributed by atoms with van der Waals surface area (Å²) in [5.74, 6) is -3.11. The molecule has 1 N–H and O–H groups in total. The third kappa shape index (κ3) is 6.89. The predicted octanol–water partition coefficient (Wildman–Crippen LogP) is 4.53. The molecule has 0 unspecified atom stereocenters. The molecule has 0 fully saturated rings. The maximum Gasteiger partial charge on any atom is 0.335 e. The van der Waals surface area contributed by atoms with E-state index in [-0.39, 0.29) is 45.3 Å². The summed E-state index contributed by atoms with van der Waals surface area (Å²) in [5, 5.41) is 9.10. The Morgan fingerprint density at radius 2 is 1.00 bits per heavy atom. The number of benzene rings is 3.